The van der Waals surface area contributed by atoms with Crippen LogP contribution in [0.3, 0.4) is 0 Å². The third-order valence-electron chi connectivity index (χ3n) is 5.07. The van der Waals surface area contributed by atoms with Gasteiger partial charge in [-0.25, -0.2) is 0 Å². The van der Waals surface area contributed by atoms with Crippen LogP contribution in [0.5, 0.6) is 0 Å². The maximum Gasteiger partial charge on any atom is 0.253 e. The number of rotatable bonds is 12. The van der Waals surface area contributed by atoms with E-state index in [1.165, 1.54) is 19.3 Å². The minimum Gasteiger partial charge on any atom is -0.383 e. The van der Waals surface area contributed by atoms with Crippen molar-refractivity contribution in [1.29, 1.82) is 0 Å². The Morgan fingerprint density at radius 2 is 1.86 bits per heavy atom. The number of amides is 2. The third kappa shape index (κ3) is 7.15. The number of carbonyl (C=O) groups is 2. The molecule has 0 bridgehead atoms. The second-order valence-corrected chi connectivity index (χ2v) is 7.39. The van der Waals surface area contributed by atoms with Crippen LogP contribution in [0.15, 0.2) is 18.2 Å². The maximum absolute atomic E-state index is 12.7. The molecular formula is C22H35N3O3. The summed E-state index contributed by atoms with van der Waals surface area (Å²) in [7, 11) is 1.61. The number of nitrogens with one attached hydrogen (secondary N) is 2. The van der Waals surface area contributed by atoms with Gasteiger partial charge >= 0.3 is 0 Å². The van der Waals surface area contributed by atoms with Gasteiger partial charge < -0.3 is 20.3 Å². The van der Waals surface area contributed by atoms with Gasteiger partial charge in [-0.1, -0.05) is 32.6 Å². The number of hydrogen-bond acceptors (Lipinski definition) is 4. The molecule has 0 radical (unpaired) electrons. The van der Waals surface area contributed by atoms with Gasteiger partial charge in [0.15, 0.2) is 0 Å². The van der Waals surface area contributed by atoms with Gasteiger partial charge in [-0.05, 0) is 37.5 Å². The van der Waals surface area contributed by atoms with Crippen molar-refractivity contribution in [1.82, 2.24) is 5.32 Å². The van der Waals surface area contributed by atoms with Crippen molar-refractivity contribution in [2.45, 2.75) is 58.3 Å². The summed E-state index contributed by atoms with van der Waals surface area (Å²) in [6, 6.07) is 5.65. The molecule has 0 spiro atoms. The highest BCUT2D eigenvalue weighted by Gasteiger charge is 2.20. The highest BCUT2D eigenvalue weighted by atomic mass is 16.5. The number of carbonyl (C=O) groups excluding carboxylic acids is 2. The van der Waals surface area contributed by atoms with Crippen LogP contribution in [-0.4, -0.2) is 45.2 Å². The summed E-state index contributed by atoms with van der Waals surface area (Å²) in [5.74, 6) is -0.120. The summed E-state index contributed by atoms with van der Waals surface area (Å²) in [4.78, 5) is 27.2. The molecule has 1 fully saturated rings. The first kappa shape index (κ1) is 22.2. The standard InChI is InChI=1S/C22H35N3O3/c1-3-4-5-6-7-10-21(26)24-18-11-12-20(25-14-8-9-15-25)19(17-18)22(27)23-13-16-28-2/h11-12,17H,3-10,13-16H2,1-2H3,(H,23,27)(H,24,26). The van der Waals surface area contributed by atoms with E-state index in [2.05, 4.69) is 22.5 Å². The monoisotopic (exact) mass is 389 g/mol. The van der Waals surface area contributed by atoms with Crippen molar-refractivity contribution < 1.29 is 14.3 Å². The zero-order chi connectivity index (χ0) is 20.2. The minimum atomic E-state index is -0.130. The number of anilines is 2. The molecule has 0 unspecified atom stereocenters. The van der Waals surface area contributed by atoms with Crippen LogP contribution in [0.2, 0.25) is 0 Å². The molecule has 1 aliphatic heterocycles. The molecule has 1 saturated heterocycles. The second-order valence-electron chi connectivity index (χ2n) is 7.39. The predicted octanol–water partition coefficient (Wildman–Crippen LogP) is 3.96. The Morgan fingerprint density at radius 1 is 1.11 bits per heavy atom. The Hall–Kier alpha value is -2.08. The highest BCUT2D eigenvalue weighted by Crippen LogP contribution is 2.27. The number of ether oxygens (including phenoxy) is 1. The quantitative estimate of drug-likeness (QED) is 0.531. The molecule has 1 heterocycles. The zero-order valence-electron chi connectivity index (χ0n) is 17.4. The third-order valence-corrected chi connectivity index (χ3v) is 5.07. The summed E-state index contributed by atoms with van der Waals surface area (Å²) in [6.45, 7) is 5.04. The topological polar surface area (TPSA) is 70.7 Å². The lowest BCUT2D eigenvalue weighted by Gasteiger charge is -2.22. The summed E-state index contributed by atoms with van der Waals surface area (Å²) in [5.41, 5.74) is 2.22. The molecule has 1 aromatic carbocycles. The van der Waals surface area contributed by atoms with Crippen LogP contribution in [0.25, 0.3) is 0 Å². The Kier molecular flexibility index (Phi) is 9.83. The van der Waals surface area contributed by atoms with Gasteiger partial charge in [-0.2, -0.15) is 0 Å². The molecule has 2 rings (SSSR count). The van der Waals surface area contributed by atoms with Gasteiger partial charge in [0.25, 0.3) is 5.91 Å². The molecule has 6 heteroatoms. The second kappa shape index (κ2) is 12.4. The smallest absolute Gasteiger partial charge is 0.253 e. The van der Waals surface area contributed by atoms with Crippen molar-refractivity contribution in [3.8, 4) is 0 Å². The molecule has 1 aromatic rings. The first-order chi connectivity index (χ1) is 13.7. The van der Waals surface area contributed by atoms with Crippen LogP contribution >= 0.6 is 0 Å². The number of nitrogens with zero attached hydrogens (tertiary/aromatic N) is 1. The molecule has 6 nitrogen and oxygen atoms in total. The normalized spacial score (nSPS) is 13.6. The summed E-state index contributed by atoms with van der Waals surface area (Å²) < 4.78 is 5.01. The van der Waals surface area contributed by atoms with Crippen molar-refractivity contribution in [3.63, 3.8) is 0 Å². The SMILES string of the molecule is CCCCCCCC(=O)Nc1ccc(N2CCCC2)c(C(=O)NCCOC)c1. The number of hydrogen-bond donors (Lipinski definition) is 2. The van der Waals surface area contributed by atoms with Crippen molar-refractivity contribution >= 4 is 23.2 Å². The van der Waals surface area contributed by atoms with E-state index in [1.54, 1.807) is 13.2 Å². The van der Waals surface area contributed by atoms with Gasteiger partial charge in [-0.3, -0.25) is 9.59 Å². The van der Waals surface area contributed by atoms with E-state index in [1.807, 2.05) is 12.1 Å². The van der Waals surface area contributed by atoms with Crippen molar-refractivity contribution in [3.05, 3.63) is 23.8 Å². The Bertz CT molecular complexity index is 627. The molecule has 156 valence electrons. The fraction of sp³-hybridized carbons (Fsp3) is 0.636. The molecule has 2 N–H and O–H groups in total. The molecule has 2 amide bonds. The van der Waals surface area contributed by atoms with E-state index in [0.29, 0.717) is 30.8 Å². The lowest BCUT2D eigenvalue weighted by Crippen LogP contribution is -2.30. The van der Waals surface area contributed by atoms with Gasteiger partial charge in [0.05, 0.1) is 12.2 Å². The van der Waals surface area contributed by atoms with E-state index in [4.69, 9.17) is 4.74 Å². The Morgan fingerprint density at radius 3 is 2.57 bits per heavy atom. The number of benzene rings is 1. The first-order valence-electron chi connectivity index (χ1n) is 10.6. The van der Waals surface area contributed by atoms with Crippen molar-refractivity contribution in [2.75, 3.05) is 43.6 Å². The van der Waals surface area contributed by atoms with Crippen LogP contribution < -0.4 is 15.5 Å². The van der Waals surface area contributed by atoms with E-state index in [0.717, 1.165) is 44.5 Å². The molecular weight excluding hydrogens is 354 g/mol. The minimum absolute atomic E-state index is 0.0103. The van der Waals surface area contributed by atoms with E-state index < -0.39 is 0 Å². The fourth-order valence-corrected chi connectivity index (χ4v) is 3.50. The summed E-state index contributed by atoms with van der Waals surface area (Å²) >= 11 is 0. The largest absolute Gasteiger partial charge is 0.383 e. The average Bonchev–Trinajstić information content (AvgIpc) is 3.22. The van der Waals surface area contributed by atoms with E-state index in [9.17, 15) is 9.59 Å². The molecule has 0 saturated carbocycles. The Balaban J connectivity index is 2.01. The van der Waals surface area contributed by atoms with Crippen molar-refractivity contribution in [2.24, 2.45) is 0 Å². The fourth-order valence-electron chi connectivity index (χ4n) is 3.50. The van der Waals surface area contributed by atoms with Gasteiger partial charge in [0.2, 0.25) is 5.91 Å². The number of methoxy groups -OCH3 is 1. The maximum atomic E-state index is 12.7. The first-order valence-corrected chi connectivity index (χ1v) is 10.6. The van der Waals surface area contributed by atoms with Gasteiger partial charge in [-0.15, -0.1) is 0 Å². The Labute approximate surface area is 169 Å². The molecule has 0 aromatic heterocycles. The lowest BCUT2D eigenvalue weighted by molar-refractivity contribution is -0.116. The number of unbranched alkanes of at least 4 members (excludes halogenated alkanes) is 4. The summed E-state index contributed by atoms with van der Waals surface area (Å²) in [5, 5.41) is 5.85. The van der Waals surface area contributed by atoms with E-state index in [-0.39, 0.29) is 11.8 Å². The van der Waals surface area contributed by atoms with Crippen LogP contribution in [-0.2, 0) is 9.53 Å². The van der Waals surface area contributed by atoms with Crippen LogP contribution in [0.4, 0.5) is 11.4 Å². The predicted molar refractivity (Wildman–Crippen MR) is 114 cm³/mol. The molecule has 0 atom stereocenters. The molecule has 28 heavy (non-hydrogen) atoms. The molecule has 0 aliphatic carbocycles. The highest BCUT2D eigenvalue weighted by molar-refractivity contribution is 6.02. The van der Waals surface area contributed by atoms with Crippen LogP contribution in [0, 0.1) is 0 Å². The van der Waals surface area contributed by atoms with Crippen LogP contribution in [0.1, 0.15) is 68.6 Å². The molecule has 1 aliphatic rings. The zero-order valence-corrected chi connectivity index (χ0v) is 17.4. The summed E-state index contributed by atoms with van der Waals surface area (Å²) in [6.07, 6.45) is 8.39. The average molecular weight is 390 g/mol. The lowest BCUT2D eigenvalue weighted by atomic mass is 10.1. The van der Waals surface area contributed by atoms with Gasteiger partial charge in [0, 0.05) is 44.5 Å². The van der Waals surface area contributed by atoms with E-state index >= 15 is 0 Å². The van der Waals surface area contributed by atoms with Gasteiger partial charge in [0.1, 0.15) is 0 Å².